The van der Waals surface area contributed by atoms with Crippen LogP contribution in [0, 0.1) is 5.92 Å². The van der Waals surface area contributed by atoms with Crippen LogP contribution in [-0.2, 0) is 0 Å². The average Bonchev–Trinajstić information content (AvgIpc) is 2.02. The molecule has 0 fully saturated rings. The predicted molar refractivity (Wildman–Crippen MR) is 63.9 cm³/mol. The van der Waals surface area contributed by atoms with E-state index in [1.54, 1.807) is 0 Å². The zero-order chi connectivity index (χ0) is 12.1. The van der Waals surface area contributed by atoms with Gasteiger partial charge in [-0.1, -0.05) is 27.2 Å². The molecule has 0 saturated carbocycles. The van der Waals surface area contributed by atoms with Crippen molar-refractivity contribution in [3.05, 3.63) is 0 Å². The van der Waals surface area contributed by atoms with Gasteiger partial charge in [0.25, 0.3) is 0 Å². The van der Waals surface area contributed by atoms with Gasteiger partial charge in [-0.2, -0.15) is 0 Å². The van der Waals surface area contributed by atoms with Crippen LogP contribution in [0.3, 0.4) is 0 Å². The summed E-state index contributed by atoms with van der Waals surface area (Å²) in [5, 5.41) is 23.0. The molecular formula is C12H27NO2. The summed E-state index contributed by atoms with van der Waals surface area (Å²) in [6, 6.07) is 0. The van der Waals surface area contributed by atoms with Crippen LogP contribution in [0.15, 0.2) is 0 Å². The van der Waals surface area contributed by atoms with Crippen LogP contribution in [0.1, 0.15) is 47.5 Å². The van der Waals surface area contributed by atoms with E-state index in [1.807, 2.05) is 27.7 Å². The van der Waals surface area contributed by atoms with Crippen LogP contribution in [-0.4, -0.2) is 34.5 Å². The predicted octanol–water partition coefficient (Wildman–Crippen LogP) is 1.53. The van der Waals surface area contributed by atoms with E-state index in [2.05, 4.69) is 12.2 Å². The molecule has 15 heavy (non-hydrogen) atoms. The third-order valence-electron chi connectivity index (χ3n) is 3.02. The topological polar surface area (TPSA) is 52.5 Å². The maximum absolute atomic E-state index is 9.97. The fourth-order valence-corrected chi connectivity index (χ4v) is 1.42. The molecule has 92 valence electrons. The van der Waals surface area contributed by atoms with Gasteiger partial charge in [0.05, 0.1) is 11.2 Å². The summed E-state index contributed by atoms with van der Waals surface area (Å²) in [5.74, 6) is 0.209. The van der Waals surface area contributed by atoms with Crippen molar-refractivity contribution in [3.8, 4) is 0 Å². The first kappa shape index (κ1) is 14.9. The van der Waals surface area contributed by atoms with Crippen LogP contribution >= 0.6 is 0 Å². The molecular weight excluding hydrogens is 190 g/mol. The molecule has 0 aromatic carbocycles. The first-order chi connectivity index (χ1) is 6.71. The molecule has 0 spiro atoms. The first-order valence-electron chi connectivity index (χ1n) is 5.87. The molecule has 0 radical (unpaired) electrons. The number of nitrogens with one attached hydrogen (secondary N) is 1. The van der Waals surface area contributed by atoms with Crippen LogP contribution in [0.4, 0.5) is 0 Å². The number of hydrogen-bond donors (Lipinski definition) is 3. The monoisotopic (exact) mass is 217 g/mol. The lowest BCUT2D eigenvalue weighted by Gasteiger charge is -2.30. The number of rotatable bonds is 7. The number of hydrogen-bond acceptors (Lipinski definition) is 3. The van der Waals surface area contributed by atoms with Crippen LogP contribution in [0.2, 0.25) is 0 Å². The van der Waals surface area contributed by atoms with Gasteiger partial charge in [-0.15, -0.1) is 0 Å². The summed E-state index contributed by atoms with van der Waals surface area (Å²) in [7, 11) is 0. The zero-order valence-electron chi connectivity index (χ0n) is 10.8. The normalized spacial score (nSPS) is 20.0. The Kier molecular flexibility index (Phi) is 5.78. The fraction of sp³-hybridized carbons (Fsp3) is 1.00. The Balaban J connectivity index is 3.88. The van der Waals surface area contributed by atoms with Gasteiger partial charge >= 0.3 is 0 Å². The van der Waals surface area contributed by atoms with Crippen LogP contribution < -0.4 is 5.32 Å². The lowest BCUT2D eigenvalue weighted by Crippen LogP contribution is -2.47. The molecule has 3 heteroatoms. The quantitative estimate of drug-likeness (QED) is 0.606. The Morgan fingerprint density at radius 2 is 1.67 bits per heavy atom. The van der Waals surface area contributed by atoms with Crippen molar-refractivity contribution >= 4 is 0 Å². The van der Waals surface area contributed by atoms with E-state index in [4.69, 9.17) is 0 Å². The van der Waals surface area contributed by atoms with Gasteiger partial charge < -0.3 is 15.5 Å². The molecule has 0 heterocycles. The third kappa shape index (κ3) is 6.13. The van der Waals surface area contributed by atoms with E-state index in [-0.39, 0.29) is 5.92 Å². The molecule has 0 bridgehead atoms. The SMILES string of the molecule is CCCC(C)(O)CNCC(C)(O)C(C)C. The van der Waals surface area contributed by atoms with Crippen molar-refractivity contribution < 1.29 is 10.2 Å². The van der Waals surface area contributed by atoms with E-state index in [1.165, 1.54) is 0 Å². The van der Waals surface area contributed by atoms with E-state index in [9.17, 15) is 10.2 Å². The van der Waals surface area contributed by atoms with E-state index in [0.717, 1.165) is 12.8 Å². The molecule has 0 saturated heterocycles. The lowest BCUT2D eigenvalue weighted by molar-refractivity contribution is 0.00199. The lowest BCUT2D eigenvalue weighted by atomic mass is 9.92. The molecule has 0 aromatic rings. The molecule has 0 rings (SSSR count). The Morgan fingerprint density at radius 1 is 1.13 bits per heavy atom. The van der Waals surface area contributed by atoms with Gasteiger partial charge in [0.1, 0.15) is 0 Å². The highest BCUT2D eigenvalue weighted by atomic mass is 16.3. The van der Waals surface area contributed by atoms with E-state index in [0.29, 0.717) is 13.1 Å². The molecule has 2 atom stereocenters. The Bertz CT molecular complexity index is 176. The van der Waals surface area contributed by atoms with Gasteiger partial charge in [0.2, 0.25) is 0 Å². The van der Waals surface area contributed by atoms with Gasteiger partial charge in [-0.3, -0.25) is 0 Å². The second-order valence-electron chi connectivity index (χ2n) is 5.36. The summed E-state index contributed by atoms with van der Waals surface area (Å²) in [6.07, 6.45) is 1.75. The zero-order valence-corrected chi connectivity index (χ0v) is 10.8. The second-order valence-corrected chi connectivity index (χ2v) is 5.36. The summed E-state index contributed by atoms with van der Waals surface area (Å²) >= 11 is 0. The van der Waals surface area contributed by atoms with Crippen molar-refractivity contribution in [3.63, 3.8) is 0 Å². The smallest absolute Gasteiger partial charge is 0.0766 e. The summed E-state index contributed by atoms with van der Waals surface area (Å²) < 4.78 is 0. The maximum atomic E-state index is 9.97. The van der Waals surface area contributed by atoms with Crippen molar-refractivity contribution in [2.24, 2.45) is 5.92 Å². The van der Waals surface area contributed by atoms with Crippen molar-refractivity contribution in [1.82, 2.24) is 5.32 Å². The summed E-state index contributed by atoms with van der Waals surface area (Å²) in [4.78, 5) is 0. The van der Waals surface area contributed by atoms with E-state index < -0.39 is 11.2 Å². The minimum atomic E-state index is -0.706. The van der Waals surface area contributed by atoms with Crippen molar-refractivity contribution in [2.45, 2.75) is 58.7 Å². The third-order valence-corrected chi connectivity index (χ3v) is 3.02. The average molecular weight is 217 g/mol. The van der Waals surface area contributed by atoms with Crippen LogP contribution in [0.5, 0.6) is 0 Å². The Morgan fingerprint density at radius 3 is 2.07 bits per heavy atom. The second kappa shape index (κ2) is 5.83. The highest BCUT2D eigenvalue weighted by Gasteiger charge is 2.26. The van der Waals surface area contributed by atoms with Crippen molar-refractivity contribution in [2.75, 3.05) is 13.1 Å². The van der Waals surface area contributed by atoms with Crippen molar-refractivity contribution in [1.29, 1.82) is 0 Å². The summed E-state index contributed by atoms with van der Waals surface area (Å²) in [6.45, 7) is 10.7. The van der Waals surface area contributed by atoms with Gasteiger partial charge in [-0.05, 0) is 26.2 Å². The minimum Gasteiger partial charge on any atom is -0.389 e. The fourth-order valence-electron chi connectivity index (χ4n) is 1.42. The molecule has 2 unspecified atom stereocenters. The van der Waals surface area contributed by atoms with Crippen LogP contribution in [0.25, 0.3) is 0 Å². The summed E-state index contributed by atoms with van der Waals surface area (Å²) in [5.41, 5.74) is -1.37. The molecule has 0 aliphatic carbocycles. The molecule has 3 nitrogen and oxygen atoms in total. The Labute approximate surface area is 93.9 Å². The molecule has 0 aromatic heterocycles. The van der Waals surface area contributed by atoms with Gasteiger partial charge in [0, 0.05) is 13.1 Å². The van der Waals surface area contributed by atoms with E-state index >= 15 is 0 Å². The largest absolute Gasteiger partial charge is 0.389 e. The van der Waals surface area contributed by atoms with Gasteiger partial charge in [-0.25, -0.2) is 0 Å². The highest BCUT2D eigenvalue weighted by Crippen LogP contribution is 2.15. The maximum Gasteiger partial charge on any atom is 0.0766 e. The molecule has 0 amide bonds. The standard InChI is InChI=1S/C12H27NO2/c1-6-7-11(4,14)8-13-9-12(5,15)10(2)3/h10,13-15H,6-9H2,1-5H3. The Hall–Kier alpha value is -0.120. The molecule has 0 aliphatic heterocycles. The molecule has 0 aliphatic rings. The minimum absolute atomic E-state index is 0.209. The molecule has 3 N–H and O–H groups in total. The number of aliphatic hydroxyl groups is 2. The van der Waals surface area contributed by atoms with Gasteiger partial charge in [0.15, 0.2) is 0 Å². The highest BCUT2D eigenvalue weighted by molar-refractivity contribution is 4.82. The first-order valence-corrected chi connectivity index (χ1v) is 5.87.